The average molecular weight is 533 g/mol. The molecular formula is C26H27F3N4O5. The quantitative estimate of drug-likeness (QED) is 0.615. The number of fused-ring (bicyclic) bond motifs is 5. The number of carbonyl (C=O) groups excluding carboxylic acids is 2. The number of alkyl halides is 1. The van der Waals surface area contributed by atoms with E-state index in [2.05, 4.69) is 10.5 Å². The van der Waals surface area contributed by atoms with Crippen LogP contribution in [0, 0.1) is 18.6 Å². The molecule has 12 heteroatoms. The number of benzene rings is 1. The van der Waals surface area contributed by atoms with Crippen LogP contribution in [0.2, 0.25) is 0 Å². The lowest BCUT2D eigenvalue weighted by atomic mass is 9.83. The van der Waals surface area contributed by atoms with Gasteiger partial charge < -0.3 is 24.7 Å². The number of carbonyl (C=O) groups is 2. The number of oxime groups is 1. The Morgan fingerprint density at radius 1 is 1.29 bits per heavy atom. The maximum absolute atomic E-state index is 14.3. The largest absolute Gasteiger partial charge is 0.503 e. The van der Waals surface area contributed by atoms with Crippen molar-refractivity contribution < 1.29 is 32.7 Å². The predicted molar refractivity (Wildman–Crippen MR) is 130 cm³/mol. The van der Waals surface area contributed by atoms with Crippen LogP contribution in [0.25, 0.3) is 0 Å². The molecule has 2 amide bonds. The number of amides is 2. The van der Waals surface area contributed by atoms with E-state index in [0.29, 0.717) is 24.1 Å². The SMILES string of the molecule is Cc1cc(F)c(CNC(=O)c2cn3c(c(O)c2=O)C(=O)N2C[C@@H]3[C@]3(CC[C@@H]2C)CC(CCF)=NO3)c(F)c1. The first-order valence-corrected chi connectivity index (χ1v) is 12.4. The number of aromatic nitrogens is 1. The van der Waals surface area contributed by atoms with Crippen LogP contribution in [-0.4, -0.2) is 57.0 Å². The molecule has 3 aliphatic rings. The Morgan fingerprint density at radius 3 is 2.68 bits per heavy atom. The minimum absolute atomic E-state index is 0.0920. The monoisotopic (exact) mass is 532 g/mol. The molecule has 0 saturated carbocycles. The summed E-state index contributed by atoms with van der Waals surface area (Å²) in [6.45, 7) is 2.38. The Labute approximate surface area is 215 Å². The average Bonchev–Trinajstić information content (AvgIpc) is 3.22. The number of nitrogens with one attached hydrogen (secondary N) is 1. The minimum Gasteiger partial charge on any atom is -0.503 e. The number of pyridine rings is 1. The van der Waals surface area contributed by atoms with Gasteiger partial charge in [0.1, 0.15) is 17.2 Å². The van der Waals surface area contributed by atoms with Crippen molar-refractivity contribution in [3.8, 4) is 5.75 Å². The van der Waals surface area contributed by atoms with Crippen LogP contribution in [0.1, 0.15) is 70.6 Å². The summed E-state index contributed by atoms with van der Waals surface area (Å²) in [6, 6.07) is 1.36. The predicted octanol–water partition coefficient (Wildman–Crippen LogP) is 3.12. The van der Waals surface area contributed by atoms with Crippen molar-refractivity contribution in [3.63, 3.8) is 0 Å². The van der Waals surface area contributed by atoms with Crippen LogP contribution >= 0.6 is 0 Å². The summed E-state index contributed by atoms with van der Waals surface area (Å²) in [5, 5.41) is 17.3. The molecule has 0 aliphatic carbocycles. The van der Waals surface area contributed by atoms with Gasteiger partial charge in [-0.1, -0.05) is 5.16 Å². The Bertz CT molecular complexity index is 1400. The summed E-state index contributed by atoms with van der Waals surface area (Å²) in [5.41, 5.74) is -2.35. The van der Waals surface area contributed by atoms with Crippen LogP contribution in [0.4, 0.5) is 13.2 Å². The van der Waals surface area contributed by atoms with Gasteiger partial charge in [-0.25, -0.2) is 8.78 Å². The van der Waals surface area contributed by atoms with Gasteiger partial charge in [0.2, 0.25) is 5.43 Å². The van der Waals surface area contributed by atoms with Gasteiger partial charge in [0, 0.05) is 43.7 Å². The van der Waals surface area contributed by atoms with Crippen LogP contribution in [0.5, 0.6) is 5.75 Å². The standard InChI is InChI=1S/C26H27F3N4O5/c1-13-7-18(28)16(19(29)8-13)10-30-24(36)17-11-33-20-12-32(25(37)21(33)23(35)22(17)34)14(2)3-5-26(20)9-15(4-6-27)31-38-26/h7-8,11,14,20,35H,3-6,9-10,12H2,1-2H3,(H,30,36)/t14-,20+,26-/m0/s1. The molecule has 2 aromatic rings. The van der Waals surface area contributed by atoms with Gasteiger partial charge in [-0.2, -0.15) is 0 Å². The second-order valence-corrected chi connectivity index (χ2v) is 10.2. The van der Waals surface area contributed by atoms with Gasteiger partial charge in [-0.15, -0.1) is 0 Å². The van der Waals surface area contributed by atoms with E-state index in [-0.39, 0.29) is 36.7 Å². The van der Waals surface area contributed by atoms with Crippen LogP contribution in [0.15, 0.2) is 28.3 Å². The first kappa shape index (κ1) is 25.8. The highest BCUT2D eigenvalue weighted by Crippen LogP contribution is 2.46. The summed E-state index contributed by atoms with van der Waals surface area (Å²) in [7, 11) is 0. The van der Waals surface area contributed by atoms with Gasteiger partial charge in [0.15, 0.2) is 17.0 Å². The summed E-state index contributed by atoms with van der Waals surface area (Å²) in [4.78, 5) is 46.8. The fourth-order valence-electron chi connectivity index (χ4n) is 5.59. The minimum atomic E-state index is -1.09. The van der Waals surface area contributed by atoms with E-state index in [0.717, 1.165) is 12.1 Å². The van der Waals surface area contributed by atoms with Crippen molar-refractivity contribution in [2.75, 3.05) is 13.2 Å². The molecule has 38 heavy (non-hydrogen) atoms. The van der Waals surface area contributed by atoms with Crippen molar-refractivity contribution in [2.45, 2.75) is 63.8 Å². The molecule has 5 rings (SSSR count). The lowest BCUT2D eigenvalue weighted by Crippen LogP contribution is -2.52. The number of aryl methyl sites for hydroxylation is 1. The Kier molecular flexibility index (Phi) is 6.44. The Hall–Kier alpha value is -3.83. The maximum atomic E-state index is 14.3. The summed E-state index contributed by atoms with van der Waals surface area (Å²) >= 11 is 0. The molecule has 3 atom stereocenters. The molecule has 1 spiro atoms. The topological polar surface area (TPSA) is 113 Å². The second-order valence-electron chi connectivity index (χ2n) is 10.2. The Morgan fingerprint density at radius 2 is 2.00 bits per heavy atom. The lowest BCUT2D eigenvalue weighted by molar-refractivity contribution is -0.0655. The normalized spacial score (nSPS) is 24.1. The van der Waals surface area contributed by atoms with Crippen LogP contribution in [-0.2, 0) is 11.4 Å². The number of nitrogens with zero attached hydrogens (tertiary/aromatic N) is 3. The summed E-state index contributed by atoms with van der Waals surface area (Å²) in [6.07, 6.45) is 2.55. The third kappa shape index (κ3) is 4.11. The molecule has 0 radical (unpaired) electrons. The van der Waals surface area contributed by atoms with E-state index >= 15 is 0 Å². The fourth-order valence-corrected chi connectivity index (χ4v) is 5.59. The highest BCUT2D eigenvalue weighted by atomic mass is 19.1. The number of hydrogen-bond donors (Lipinski definition) is 2. The molecule has 2 N–H and O–H groups in total. The van der Waals surface area contributed by atoms with Crippen LogP contribution in [0.3, 0.4) is 0 Å². The molecule has 4 heterocycles. The highest BCUT2D eigenvalue weighted by Gasteiger charge is 2.54. The number of rotatable bonds is 5. The van der Waals surface area contributed by atoms with Gasteiger partial charge in [-0.05, 0) is 44.4 Å². The fraction of sp³-hybridized carbons (Fsp3) is 0.462. The van der Waals surface area contributed by atoms with Crippen molar-refractivity contribution in [1.82, 2.24) is 14.8 Å². The molecule has 1 aromatic heterocycles. The van der Waals surface area contributed by atoms with Gasteiger partial charge >= 0.3 is 0 Å². The maximum Gasteiger partial charge on any atom is 0.274 e. The first-order valence-electron chi connectivity index (χ1n) is 12.4. The molecule has 0 unspecified atom stereocenters. The van der Waals surface area contributed by atoms with Gasteiger partial charge in [-0.3, -0.25) is 18.8 Å². The lowest BCUT2D eigenvalue weighted by Gasteiger charge is -2.41. The molecule has 3 aliphatic heterocycles. The molecule has 9 nitrogen and oxygen atoms in total. The van der Waals surface area contributed by atoms with Gasteiger partial charge in [0.05, 0.1) is 18.4 Å². The molecule has 2 bridgehead atoms. The van der Waals surface area contributed by atoms with Gasteiger partial charge in [0.25, 0.3) is 11.8 Å². The molecule has 1 fully saturated rings. The van der Waals surface area contributed by atoms with E-state index in [9.17, 15) is 32.7 Å². The summed E-state index contributed by atoms with van der Waals surface area (Å²) in [5.74, 6) is -4.16. The van der Waals surface area contributed by atoms with Crippen molar-refractivity contribution in [3.05, 3.63) is 62.6 Å². The zero-order valence-electron chi connectivity index (χ0n) is 20.9. The second kappa shape index (κ2) is 9.48. The number of aromatic hydroxyl groups is 1. The zero-order valence-corrected chi connectivity index (χ0v) is 20.9. The smallest absolute Gasteiger partial charge is 0.274 e. The van der Waals surface area contributed by atoms with Crippen molar-refractivity contribution in [1.29, 1.82) is 0 Å². The van der Waals surface area contributed by atoms with Crippen LogP contribution < -0.4 is 10.7 Å². The van der Waals surface area contributed by atoms with E-state index < -0.39 is 65.1 Å². The van der Waals surface area contributed by atoms with E-state index in [1.165, 1.54) is 17.7 Å². The number of halogens is 3. The Balaban J connectivity index is 1.54. The molecule has 1 aromatic carbocycles. The third-order valence-corrected chi connectivity index (χ3v) is 7.70. The molecule has 202 valence electrons. The first-order chi connectivity index (χ1) is 18.1. The van der Waals surface area contributed by atoms with Crippen molar-refractivity contribution >= 4 is 17.5 Å². The molecule has 1 saturated heterocycles. The zero-order chi connectivity index (χ0) is 27.4. The van der Waals surface area contributed by atoms with E-state index in [1.54, 1.807) is 4.90 Å². The summed E-state index contributed by atoms with van der Waals surface area (Å²) < 4.78 is 42.9. The molecular weight excluding hydrogens is 505 g/mol. The van der Waals surface area contributed by atoms with E-state index in [1.807, 2.05) is 6.92 Å². The third-order valence-electron chi connectivity index (χ3n) is 7.70. The highest BCUT2D eigenvalue weighted by molar-refractivity contribution is 5.99. The number of hydrogen-bond acceptors (Lipinski definition) is 6. The van der Waals surface area contributed by atoms with E-state index in [4.69, 9.17) is 4.84 Å². The van der Waals surface area contributed by atoms with Crippen molar-refractivity contribution in [2.24, 2.45) is 5.16 Å².